The summed E-state index contributed by atoms with van der Waals surface area (Å²) >= 11 is 0. The standard InChI is InChI=1S/C10H15N3O/c1-4-10(3,5-6-11)7-9-12-8(2)13-14-9/h4-5,7H2,1-3H3. The highest BCUT2D eigenvalue weighted by Gasteiger charge is 2.25. The third kappa shape index (κ3) is 2.56. The van der Waals surface area contributed by atoms with E-state index in [2.05, 4.69) is 30.1 Å². The third-order valence-electron chi connectivity index (χ3n) is 2.51. The molecule has 0 N–H and O–H groups in total. The summed E-state index contributed by atoms with van der Waals surface area (Å²) in [6, 6.07) is 2.20. The van der Waals surface area contributed by atoms with Gasteiger partial charge in [-0.15, -0.1) is 0 Å². The molecule has 1 aromatic heterocycles. The Kier molecular flexibility index (Phi) is 3.23. The van der Waals surface area contributed by atoms with Gasteiger partial charge in [-0.1, -0.05) is 19.0 Å². The molecule has 0 saturated heterocycles. The van der Waals surface area contributed by atoms with Gasteiger partial charge in [0.2, 0.25) is 5.89 Å². The largest absolute Gasteiger partial charge is 0.339 e. The van der Waals surface area contributed by atoms with Crippen molar-refractivity contribution in [3.63, 3.8) is 0 Å². The lowest BCUT2D eigenvalue weighted by Crippen LogP contribution is -2.18. The Morgan fingerprint density at radius 3 is 2.71 bits per heavy atom. The second kappa shape index (κ2) is 4.23. The lowest BCUT2D eigenvalue weighted by atomic mass is 9.81. The van der Waals surface area contributed by atoms with Gasteiger partial charge in [-0.05, 0) is 18.8 Å². The first-order valence-electron chi connectivity index (χ1n) is 4.76. The Morgan fingerprint density at radius 1 is 1.57 bits per heavy atom. The van der Waals surface area contributed by atoms with E-state index < -0.39 is 0 Å². The minimum atomic E-state index is -0.0479. The molecule has 0 aliphatic carbocycles. The molecule has 1 unspecified atom stereocenters. The molecule has 0 radical (unpaired) electrons. The van der Waals surface area contributed by atoms with Gasteiger partial charge in [-0.2, -0.15) is 10.2 Å². The van der Waals surface area contributed by atoms with Crippen LogP contribution < -0.4 is 0 Å². The summed E-state index contributed by atoms with van der Waals surface area (Å²) in [7, 11) is 0. The summed E-state index contributed by atoms with van der Waals surface area (Å²) in [5.41, 5.74) is -0.0479. The average Bonchev–Trinajstić information content (AvgIpc) is 2.51. The predicted molar refractivity (Wildman–Crippen MR) is 51.4 cm³/mol. The van der Waals surface area contributed by atoms with Crippen molar-refractivity contribution in [3.05, 3.63) is 11.7 Å². The van der Waals surface area contributed by atoms with Crippen LogP contribution in [0.2, 0.25) is 0 Å². The average molecular weight is 193 g/mol. The third-order valence-corrected chi connectivity index (χ3v) is 2.51. The van der Waals surface area contributed by atoms with Crippen molar-refractivity contribution in [2.75, 3.05) is 0 Å². The molecule has 0 spiro atoms. The number of nitrogens with zero attached hydrogens (tertiary/aromatic N) is 3. The van der Waals surface area contributed by atoms with E-state index in [1.54, 1.807) is 6.92 Å². The monoisotopic (exact) mass is 193 g/mol. The maximum Gasteiger partial charge on any atom is 0.227 e. The molecule has 4 heteroatoms. The second-order valence-corrected chi connectivity index (χ2v) is 3.91. The minimum Gasteiger partial charge on any atom is -0.339 e. The highest BCUT2D eigenvalue weighted by molar-refractivity contribution is 4.93. The van der Waals surface area contributed by atoms with Gasteiger partial charge in [0.15, 0.2) is 5.82 Å². The van der Waals surface area contributed by atoms with E-state index in [4.69, 9.17) is 9.78 Å². The number of hydrogen-bond donors (Lipinski definition) is 0. The first kappa shape index (κ1) is 10.7. The van der Waals surface area contributed by atoms with Gasteiger partial charge in [-0.25, -0.2) is 0 Å². The fraction of sp³-hybridized carbons (Fsp3) is 0.700. The number of aryl methyl sites for hydroxylation is 1. The summed E-state index contributed by atoms with van der Waals surface area (Å²) in [6.45, 7) is 5.93. The van der Waals surface area contributed by atoms with Gasteiger partial charge in [0.1, 0.15) is 0 Å². The van der Waals surface area contributed by atoms with E-state index in [0.717, 1.165) is 6.42 Å². The first-order chi connectivity index (χ1) is 6.59. The topological polar surface area (TPSA) is 62.7 Å². The van der Waals surface area contributed by atoms with Crippen LogP contribution in [0.4, 0.5) is 0 Å². The molecule has 0 aliphatic heterocycles. The minimum absolute atomic E-state index is 0.0479. The molecule has 0 aliphatic rings. The number of rotatable bonds is 4. The van der Waals surface area contributed by atoms with E-state index in [1.807, 2.05) is 0 Å². The molecule has 1 heterocycles. The van der Waals surface area contributed by atoms with E-state index in [1.165, 1.54) is 0 Å². The molecular weight excluding hydrogens is 178 g/mol. The molecule has 1 rings (SSSR count). The maximum atomic E-state index is 8.70. The fourth-order valence-electron chi connectivity index (χ4n) is 1.28. The smallest absolute Gasteiger partial charge is 0.227 e. The van der Waals surface area contributed by atoms with Crippen LogP contribution in [0.3, 0.4) is 0 Å². The van der Waals surface area contributed by atoms with Gasteiger partial charge in [0, 0.05) is 12.8 Å². The lowest BCUT2D eigenvalue weighted by molar-refractivity contribution is 0.265. The van der Waals surface area contributed by atoms with Crippen LogP contribution >= 0.6 is 0 Å². The Bertz CT molecular complexity index is 339. The summed E-state index contributed by atoms with van der Waals surface area (Å²) in [4.78, 5) is 4.14. The van der Waals surface area contributed by atoms with Crippen molar-refractivity contribution in [2.24, 2.45) is 5.41 Å². The van der Waals surface area contributed by atoms with Crippen LogP contribution in [0.15, 0.2) is 4.52 Å². The SMILES string of the molecule is CCC(C)(CC#N)Cc1nc(C)no1. The Balaban J connectivity index is 2.70. The summed E-state index contributed by atoms with van der Waals surface area (Å²) in [6.07, 6.45) is 2.13. The van der Waals surface area contributed by atoms with Crippen LogP contribution in [-0.2, 0) is 6.42 Å². The van der Waals surface area contributed by atoms with Crippen molar-refractivity contribution >= 4 is 0 Å². The highest BCUT2D eigenvalue weighted by Crippen LogP contribution is 2.29. The second-order valence-electron chi connectivity index (χ2n) is 3.91. The molecular formula is C10H15N3O. The van der Waals surface area contributed by atoms with Gasteiger partial charge in [0.25, 0.3) is 0 Å². The number of hydrogen-bond acceptors (Lipinski definition) is 4. The van der Waals surface area contributed by atoms with Crippen LogP contribution in [0, 0.1) is 23.7 Å². The van der Waals surface area contributed by atoms with E-state index >= 15 is 0 Å². The van der Waals surface area contributed by atoms with Gasteiger partial charge in [-0.3, -0.25) is 0 Å². The molecule has 1 aromatic rings. The van der Waals surface area contributed by atoms with Crippen molar-refractivity contribution < 1.29 is 4.52 Å². The molecule has 0 fully saturated rings. The fourth-order valence-corrected chi connectivity index (χ4v) is 1.28. The summed E-state index contributed by atoms with van der Waals surface area (Å²) in [5, 5.41) is 12.4. The molecule has 0 amide bonds. The zero-order valence-electron chi connectivity index (χ0n) is 8.87. The van der Waals surface area contributed by atoms with Crippen molar-refractivity contribution in [1.29, 1.82) is 5.26 Å². The lowest BCUT2D eigenvalue weighted by Gasteiger charge is -2.22. The molecule has 14 heavy (non-hydrogen) atoms. The zero-order valence-corrected chi connectivity index (χ0v) is 8.87. The Hall–Kier alpha value is -1.37. The van der Waals surface area contributed by atoms with E-state index in [-0.39, 0.29) is 5.41 Å². The quantitative estimate of drug-likeness (QED) is 0.735. The summed E-state index contributed by atoms with van der Waals surface area (Å²) in [5.74, 6) is 1.28. The van der Waals surface area contributed by atoms with Gasteiger partial charge >= 0.3 is 0 Å². The molecule has 0 saturated carbocycles. The van der Waals surface area contributed by atoms with Gasteiger partial charge in [0.05, 0.1) is 6.07 Å². The van der Waals surface area contributed by atoms with Crippen LogP contribution in [-0.4, -0.2) is 10.1 Å². The van der Waals surface area contributed by atoms with E-state index in [0.29, 0.717) is 24.6 Å². The van der Waals surface area contributed by atoms with Gasteiger partial charge < -0.3 is 4.52 Å². The van der Waals surface area contributed by atoms with E-state index in [9.17, 15) is 0 Å². The summed E-state index contributed by atoms with van der Waals surface area (Å²) < 4.78 is 5.04. The number of aromatic nitrogens is 2. The normalized spacial score (nSPS) is 14.7. The molecule has 1 atom stereocenters. The van der Waals surface area contributed by atoms with Crippen LogP contribution in [0.25, 0.3) is 0 Å². The van der Waals surface area contributed by atoms with Crippen molar-refractivity contribution in [1.82, 2.24) is 10.1 Å². The first-order valence-corrected chi connectivity index (χ1v) is 4.76. The molecule has 76 valence electrons. The molecule has 0 aromatic carbocycles. The Morgan fingerprint density at radius 2 is 2.29 bits per heavy atom. The Labute approximate surface area is 83.9 Å². The molecule has 0 bridgehead atoms. The van der Waals surface area contributed by atoms with Crippen molar-refractivity contribution in [3.8, 4) is 6.07 Å². The maximum absolute atomic E-state index is 8.70. The molecule has 4 nitrogen and oxygen atoms in total. The van der Waals surface area contributed by atoms with Crippen LogP contribution in [0.5, 0.6) is 0 Å². The van der Waals surface area contributed by atoms with Crippen molar-refractivity contribution in [2.45, 2.75) is 40.0 Å². The highest BCUT2D eigenvalue weighted by atomic mass is 16.5. The zero-order chi connectivity index (χ0) is 10.6. The predicted octanol–water partition coefficient (Wildman–Crippen LogP) is 2.25. The number of nitriles is 1. The van der Waals surface area contributed by atoms with Crippen LogP contribution in [0.1, 0.15) is 38.4 Å².